The van der Waals surface area contributed by atoms with Crippen molar-refractivity contribution in [1.82, 2.24) is 14.9 Å². The highest BCUT2D eigenvalue weighted by Crippen LogP contribution is 2.44. The SMILES string of the molecule is Cl.Cn1c2c(c3c(S(=O)(=O)c4cc5ccccc5[nH]4)cccc31)C1CCC(C2)N1. The average molecular weight is 428 g/mol. The first-order chi connectivity index (χ1) is 13.5. The third kappa shape index (κ3) is 2.52. The van der Waals surface area contributed by atoms with Crippen molar-refractivity contribution in [2.24, 2.45) is 7.05 Å². The first-order valence-corrected chi connectivity index (χ1v) is 11.2. The van der Waals surface area contributed by atoms with Gasteiger partial charge in [-0.15, -0.1) is 12.4 Å². The van der Waals surface area contributed by atoms with Gasteiger partial charge in [-0.3, -0.25) is 0 Å². The molecule has 2 aliphatic heterocycles. The van der Waals surface area contributed by atoms with Crippen molar-refractivity contribution in [3.05, 3.63) is 59.8 Å². The lowest BCUT2D eigenvalue weighted by Gasteiger charge is -2.23. The number of aromatic amines is 1. The average Bonchev–Trinajstić information content (AvgIpc) is 3.38. The molecule has 7 heteroatoms. The second kappa shape index (κ2) is 6.36. The van der Waals surface area contributed by atoms with E-state index in [0.717, 1.165) is 41.1 Å². The van der Waals surface area contributed by atoms with Gasteiger partial charge in [0.05, 0.1) is 4.90 Å². The van der Waals surface area contributed by atoms with Crippen LogP contribution >= 0.6 is 12.4 Å². The number of nitrogens with zero attached hydrogens (tertiary/aromatic N) is 1. The van der Waals surface area contributed by atoms with Crippen LogP contribution in [0, 0.1) is 0 Å². The van der Waals surface area contributed by atoms with Crippen LogP contribution in [0.1, 0.15) is 30.1 Å². The number of halogens is 1. The summed E-state index contributed by atoms with van der Waals surface area (Å²) in [5.41, 5.74) is 4.29. The lowest BCUT2D eigenvalue weighted by Crippen LogP contribution is -2.32. The van der Waals surface area contributed by atoms with Crippen molar-refractivity contribution in [3.8, 4) is 0 Å². The predicted octanol–water partition coefficient (Wildman–Crippen LogP) is 4.26. The van der Waals surface area contributed by atoms with Gasteiger partial charge in [0.1, 0.15) is 5.03 Å². The number of aryl methyl sites for hydroxylation is 1. The molecule has 4 heterocycles. The highest BCUT2D eigenvalue weighted by atomic mass is 35.5. The van der Waals surface area contributed by atoms with Crippen LogP contribution in [0.3, 0.4) is 0 Å². The fourth-order valence-corrected chi connectivity index (χ4v) is 6.64. The molecule has 4 aromatic rings. The van der Waals surface area contributed by atoms with E-state index in [1.165, 1.54) is 11.3 Å². The maximum absolute atomic E-state index is 13.7. The lowest BCUT2D eigenvalue weighted by atomic mass is 9.99. The molecule has 5 nitrogen and oxygen atoms in total. The van der Waals surface area contributed by atoms with Crippen LogP contribution in [0.4, 0.5) is 0 Å². The molecule has 0 aliphatic carbocycles. The molecule has 0 amide bonds. The molecule has 1 fully saturated rings. The molecule has 2 N–H and O–H groups in total. The number of H-pyrrole nitrogens is 1. The minimum absolute atomic E-state index is 0. The van der Waals surface area contributed by atoms with E-state index in [2.05, 4.69) is 21.9 Å². The van der Waals surface area contributed by atoms with Crippen molar-refractivity contribution in [1.29, 1.82) is 0 Å². The number of sulfone groups is 1. The van der Waals surface area contributed by atoms with Gasteiger partial charge in [0.25, 0.3) is 0 Å². The van der Waals surface area contributed by atoms with Crippen molar-refractivity contribution >= 4 is 44.1 Å². The van der Waals surface area contributed by atoms with E-state index in [9.17, 15) is 8.42 Å². The quantitative estimate of drug-likeness (QED) is 0.502. The molecule has 2 aromatic carbocycles. The Labute approximate surface area is 175 Å². The summed E-state index contributed by atoms with van der Waals surface area (Å²) in [5.74, 6) is 0. The Morgan fingerprint density at radius 2 is 1.90 bits per heavy atom. The number of fused-ring (bicyclic) bond motifs is 7. The fraction of sp³-hybridized carbons (Fsp3) is 0.273. The van der Waals surface area contributed by atoms with Gasteiger partial charge in [-0.25, -0.2) is 8.42 Å². The number of hydrogen-bond acceptors (Lipinski definition) is 3. The molecule has 150 valence electrons. The molecule has 6 rings (SSSR count). The van der Waals surface area contributed by atoms with Crippen molar-refractivity contribution < 1.29 is 8.42 Å². The summed E-state index contributed by atoms with van der Waals surface area (Å²) in [4.78, 5) is 3.51. The Kier molecular flexibility index (Phi) is 4.11. The molecule has 0 spiro atoms. The van der Waals surface area contributed by atoms with Crippen LogP contribution < -0.4 is 5.32 Å². The topological polar surface area (TPSA) is 66.9 Å². The summed E-state index contributed by atoms with van der Waals surface area (Å²) in [6.45, 7) is 0. The van der Waals surface area contributed by atoms with E-state index < -0.39 is 9.84 Å². The van der Waals surface area contributed by atoms with Crippen LogP contribution in [-0.4, -0.2) is 24.0 Å². The maximum Gasteiger partial charge on any atom is 0.222 e. The smallest absolute Gasteiger partial charge is 0.222 e. The number of para-hydroxylation sites is 1. The van der Waals surface area contributed by atoms with Gasteiger partial charge in [0, 0.05) is 53.1 Å². The number of nitrogens with one attached hydrogen (secondary N) is 2. The van der Waals surface area contributed by atoms with E-state index in [0.29, 0.717) is 10.9 Å². The zero-order valence-corrected chi connectivity index (χ0v) is 17.6. The number of aromatic nitrogens is 2. The number of hydrogen-bond donors (Lipinski definition) is 2. The minimum Gasteiger partial charge on any atom is -0.347 e. The predicted molar refractivity (Wildman–Crippen MR) is 117 cm³/mol. The largest absolute Gasteiger partial charge is 0.347 e. The van der Waals surface area contributed by atoms with Gasteiger partial charge in [-0.2, -0.15) is 0 Å². The lowest BCUT2D eigenvalue weighted by molar-refractivity contribution is 0.503. The Morgan fingerprint density at radius 1 is 1.07 bits per heavy atom. The molecule has 1 saturated heterocycles. The van der Waals surface area contributed by atoms with Crippen LogP contribution in [0.5, 0.6) is 0 Å². The van der Waals surface area contributed by atoms with E-state index in [-0.39, 0.29) is 23.5 Å². The van der Waals surface area contributed by atoms with Crippen molar-refractivity contribution in [2.45, 2.75) is 41.3 Å². The van der Waals surface area contributed by atoms with Gasteiger partial charge < -0.3 is 14.9 Å². The first kappa shape index (κ1) is 18.7. The summed E-state index contributed by atoms with van der Waals surface area (Å²) in [6, 6.07) is 15.8. The summed E-state index contributed by atoms with van der Waals surface area (Å²) < 4.78 is 29.5. The summed E-state index contributed by atoms with van der Waals surface area (Å²) in [5, 5.41) is 5.72. The molecule has 2 aromatic heterocycles. The molecule has 29 heavy (non-hydrogen) atoms. The minimum atomic E-state index is -3.66. The van der Waals surface area contributed by atoms with E-state index in [4.69, 9.17) is 0 Å². The van der Waals surface area contributed by atoms with E-state index in [1.807, 2.05) is 36.4 Å². The van der Waals surface area contributed by atoms with Gasteiger partial charge in [0.15, 0.2) is 0 Å². The van der Waals surface area contributed by atoms with Crippen LogP contribution in [-0.2, 0) is 23.3 Å². The Balaban J connectivity index is 0.00000181. The molecular formula is C22H22ClN3O2S. The molecule has 2 atom stereocenters. The van der Waals surface area contributed by atoms with Crippen molar-refractivity contribution in [2.75, 3.05) is 0 Å². The van der Waals surface area contributed by atoms with Gasteiger partial charge in [-0.1, -0.05) is 24.3 Å². The zero-order chi connectivity index (χ0) is 19.0. The fourth-order valence-electron chi connectivity index (χ4n) is 5.14. The van der Waals surface area contributed by atoms with Crippen molar-refractivity contribution in [3.63, 3.8) is 0 Å². The second-order valence-corrected chi connectivity index (χ2v) is 9.88. The van der Waals surface area contributed by atoms with Crippen LogP contribution in [0.25, 0.3) is 21.8 Å². The standard InChI is InChI=1S/C22H21N3O2S.ClH/c1-25-17-7-4-8-19(22(17)21-16-10-9-14(23-16)12-18(21)25)28(26,27)20-11-13-5-2-3-6-15(13)24-20;/h2-8,11,14,16,23-24H,9-10,12H2,1H3;1H. The maximum atomic E-state index is 13.7. The highest BCUT2D eigenvalue weighted by molar-refractivity contribution is 7.91. The van der Waals surface area contributed by atoms with E-state index in [1.54, 1.807) is 12.1 Å². The third-order valence-electron chi connectivity index (χ3n) is 6.46. The number of benzene rings is 2. The summed E-state index contributed by atoms with van der Waals surface area (Å²) >= 11 is 0. The van der Waals surface area contributed by atoms with E-state index >= 15 is 0 Å². The van der Waals surface area contributed by atoms with Gasteiger partial charge in [0.2, 0.25) is 9.84 Å². The molecule has 2 unspecified atom stereocenters. The summed E-state index contributed by atoms with van der Waals surface area (Å²) in [7, 11) is -1.60. The monoisotopic (exact) mass is 427 g/mol. The second-order valence-electron chi connectivity index (χ2n) is 7.99. The van der Waals surface area contributed by atoms with Gasteiger partial charge in [-0.05, 0) is 42.7 Å². The Hall–Kier alpha value is -2.28. The molecule has 2 aliphatic rings. The van der Waals surface area contributed by atoms with Crippen LogP contribution in [0.2, 0.25) is 0 Å². The normalized spacial score (nSPS) is 20.7. The van der Waals surface area contributed by atoms with Gasteiger partial charge >= 0.3 is 0 Å². The molecule has 0 radical (unpaired) electrons. The molecular weight excluding hydrogens is 406 g/mol. The third-order valence-corrected chi connectivity index (χ3v) is 8.18. The first-order valence-electron chi connectivity index (χ1n) is 9.73. The molecule has 0 saturated carbocycles. The highest BCUT2D eigenvalue weighted by Gasteiger charge is 2.38. The molecule has 2 bridgehead atoms. The summed E-state index contributed by atoms with van der Waals surface area (Å²) in [6.07, 6.45) is 3.18. The zero-order valence-electron chi connectivity index (χ0n) is 16.0. The Bertz CT molecular complexity index is 1340. The Morgan fingerprint density at radius 3 is 2.72 bits per heavy atom. The number of rotatable bonds is 2. The van der Waals surface area contributed by atoms with Crippen LogP contribution in [0.15, 0.2) is 58.5 Å².